The van der Waals surface area contributed by atoms with Gasteiger partial charge in [0.1, 0.15) is 0 Å². The fourth-order valence-corrected chi connectivity index (χ4v) is 4.19. The number of amides is 1. The number of nitrogens with zero attached hydrogens (tertiary/aromatic N) is 5. The summed E-state index contributed by atoms with van der Waals surface area (Å²) in [6.07, 6.45) is 1.08. The Labute approximate surface area is 204 Å². The molecule has 7 nitrogen and oxygen atoms in total. The van der Waals surface area contributed by atoms with Crippen LogP contribution in [-0.2, 0) is 4.79 Å². The third kappa shape index (κ3) is 7.82. The number of carbonyl (C=O) groups is 1. The van der Waals surface area contributed by atoms with Crippen molar-refractivity contribution in [3.8, 4) is 0 Å². The Morgan fingerprint density at radius 2 is 1.71 bits per heavy atom. The van der Waals surface area contributed by atoms with Crippen LogP contribution in [0, 0.1) is 6.92 Å². The predicted molar refractivity (Wildman–Crippen MR) is 140 cm³/mol. The standard InChI is InChI=1S/C23H38N6O.HI/c1-4-24-23(29-17-15-27(16-18-29)21(3)30)25-9-6-10-26-11-13-28(14-12-26)22-8-5-7-20(2)19-22;/h5,7-8,19H,4,6,9-18H2,1-3H3,(H,24,25);1H. The molecule has 2 aliphatic rings. The summed E-state index contributed by atoms with van der Waals surface area (Å²) in [5, 5.41) is 3.42. The van der Waals surface area contributed by atoms with Crippen molar-refractivity contribution in [3.63, 3.8) is 0 Å². The van der Waals surface area contributed by atoms with E-state index in [0.29, 0.717) is 0 Å². The molecule has 2 fully saturated rings. The first-order valence-electron chi connectivity index (χ1n) is 11.4. The summed E-state index contributed by atoms with van der Waals surface area (Å²) < 4.78 is 0. The van der Waals surface area contributed by atoms with Crippen LogP contribution >= 0.6 is 24.0 Å². The van der Waals surface area contributed by atoms with Gasteiger partial charge in [-0.05, 0) is 38.0 Å². The Morgan fingerprint density at radius 1 is 1.03 bits per heavy atom. The summed E-state index contributed by atoms with van der Waals surface area (Å²) in [7, 11) is 0. The first-order valence-corrected chi connectivity index (χ1v) is 11.4. The molecule has 0 atom stereocenters. The molecule has 3 rings (SSSR count). The molecule has 1 amide bonds. The number of hydrogen-bond donors (Lipinski definition) is 1. The van der Waals surface area contributed by atoms with Gasteiger partial charge in [0, 0.05) is 84.6 Å². The van der Waals surface area contributed by atoms with E-state index in [4.69, 9.17) is 4.99 Å². The second-order valence-electron chi connectivity index (χ2n) is 8.25. The number of nitrogens with one attached hydrogen (secondary N) is 1. The van der Waals surface area contributed by atoms with E-state index in [1.165, 1.54) is 11.3 Å². The number of hydrogen-bond acceptors (Lipinski definition) is 4. The molecule has 31 heavy (non-hydrogen) atoms. The van der Waals surface area contributed by atoms with Gasteiger partial charge in [-0.3, -0.25) is 14.7 Å². The Kier molecular flexibility index (Phi) is 10.9. The normalized spacial score (nSPS) is 18.0. The van der Waals surface area contributed by atoms with Gasteiger partial charge in [0.25, 0.3) is 0 Å². The summed E-state index contributed by atoms with van der Waals surface area (Å²) in [4.78, 5) is 25.6. The van der Waals surface area contributed by atoms with Crippen LogP contribution in [0.5, 0.6) is 0 Å². The van der Waals surface area contributed by atoms with Crippen molar-refractivity contribution in [2.24, 2.45) is 4.99 Å². The van der Waals surface area contributed by atoms with Crippen LogP contribution in [0.3, 0.4) is 0 Å². The number of halogens is 1. The van der Waals surface area contributed by atoms with Crippen LogP contribution < -0.4 is 10.2 Å². The lowest BCUT2D eigenvalue weighted by Crippen LogP contribution is -2.53. The number of guanidine groups is 1. The molecule has 1 aromatic rings. The van der Waals surface area contributed by atoms with Gasteiger partial charge in [-0.25, -0.2) is 0 Å². The van der Waals surface area contributed by atoms with Crippen molar-refractivity contribution in [2.75, 3.05) is 76.9 Å². The number of carbonyl (C=O) groups excluding carboxylic acids is 1. The molecule has 0 saturated carbocycles. The van der Waals surface area contributed by atoms with Gasteiger partial charge in [0.05, 0.1) is 0 Å². The molecular weight excluding hydrogens is 503 g/mol. The van der Waals surface area contributed by atoms with E-state index in [2.05, 4.69) is 58.1 Å². The Balaban J connectivity index is 0.00000341. The van der Waals surface area contributed by atoms with Gasteiger partial charge >= 0.3 is 0 Å². The zero-order chi connectivity index (χ0) is 21.3. The largest absolute Gasteiger partial charge is 0.369 e. The highest BCUT2D eigenvalue weighted by Crippen LogP contribution is 2.17. The van der Waals surface area contributed by atoms with Gasteiger partial charge in [-0.1, -0.05) is 12.1 Å². The maximum absolute atomic E-state index is 11.5. The molecule has 0 bridgehead atoms. The van der Waals surface area contributed by atoms with E-state index in [0.717, 1.165) is 84.4 Å². The molecule has 0 radical (unpaired) electrons. The number of aryl methyl sites for hydroxylation is 1. The van der Waals surface area contributed by atoms with Gasteiger partial charge < -0.3 is 20.0 Å². The molecule has 0 unspecified atom stereocenters. The van der Waals surface area contributed by atoms with Crippen molar-refractivity contribution in [1.82, 2.24) is 20.0 Å². The number of rotatable bonds is 6. The topological polar surface area (TPSA) is 54.4 Å². The fourth-order valence-electron chi connectivity index (χ4n) is 4.19. The molecular formula is C23H39IN6O. The highest BCUT2D eigenvalue weighted by Gasteiger charge is 2.21. The summed E-state index contributed by atoms with van der Waals surface area (Å²) >= 11 is 0. The minimum Gasteiger partial charge on any atom is -0.369 e. The molecule has 0 spiro atoms. The van der Waals surface area contributed by atoms with Crippen LogP contribution in [-0.4, -0.2) is 98.6 Å². The lowest BCUT2D eigenvalue weighted by atomic mass is 10.2. The molecule has 1 N–H and O–H groups in total. The van der Waals surface area contributed by atoms with Crippen LogP contribution in [0.25, 0.3) is 0 Å². The molecule has 0 aliphatic carbocycles. The number of benzene rings is 1. The first kappa shape index (κ1) is 25.7. The van der Waals surface area contributed by atoms with E-state index >= 15 is 0 Å². The first-order chi connectivity index (χ1) is 14.6. The Bertz CT molecular complexity index is 712. The fraction of sp³-hybridized carbons (Fsp3) is 0.652. The zero-order valence-corrected chi connectivity index (χ0v) is 21.7. The molecule has 1 aromatic carbocycles. The van der Waals surface area contributed by atoms with E-state index in [1.54, 1.807) is 6.92 Å². The lowest BCUT2D eigenvalue weighted by Gasteiger charge is -2.36. The molecule has 174 valence electrons. The highest BCUT2D eigenvalue weighted by molar-refractivity contribution is 14.0. The van der Waals surface area contributed by atoms with Crippen molar-refractivity contribution >= 4 is 41.5 Å². The predicted octanol–water partition coefficient (Wildman–Crippen LogP) is 2.25. The molecule has 0 aromatic heterocycles. The van der Waals surface area contributed by atoms with Crippen molar-refractivity contribution < 1.29 is 4.79 Å². The Hall–Kier alpha value is -1.55. The van der Waals surface area contributed by atoms with E-state index in [-0.39, 0.29) is 29.9 Å². The SMILES string of the molecule is CCNC(=NCCCN1CCN(c2cccc(C)c2)CC1)N1CCN(C(C)=O)CC1.I. The minimum atomic E-state index is 0. The van der Waals surface area contributed by atoms with Gasteiger partial charge in [0.15, 0.2) is 5.96 Å². The third-order valence-corrected chi connectivity index (χ3v) is 5.99. The second kappa shape index (κ2) is 13.1. The van der Waals surface area contributed by atoms with Crippen LogP contribution in [0.2, 0.25) is 0 Å². The Morgan fingerprint density at radius 3 is 2.32 bits per heavy atom. The summed E-state index contributed by atoms with van der Waals surface area (Å²) in [5.74, 6) is 1.16. The van der Waals surface area contributed by atoms with Crippen LogP contribution in [0.15, 0.2) is 29.3 Å². The third-order valence-electron chi connectivity index (χ3n) is 5.99. The van der Waals surface area contributed by atoms with Crippen molar-refractivity contribution in [3.05, 3.63) is 29.8 Å². The molecule has 8 heteroatoms. The number of piperazine rings is 2. The summed E-state index contributed by atoms with van der Waals surface area (Å²) in [6, 6.07) is 8.81. The summed E-state index contributed by atoms with van der Waals surface area (Å²) in [5.41, 5.74) is 2.67. The molecule has 2 saturated heterocycles. The minimum absolute atomic E-state index is 0. The number of anilines is 1. The zero-order valence-electron chi connectivity index (χ0n) is 19.3. The van der Waals surface area contributed by atoms with Gasteiger partial charge in [-0.2, -0.15) is 0 Å². The molecule has 2 heterocycles. The van der Waals surface area contributed by atoms with E-state index in [1.807, 2.05) is 4.90 Å². The smallest absolute Gasteiger partial charge is 0.219 e. The van der Waals surface area contributed by atoms with E-state index < -0.39 is 0 Å². The average Bonchev–Trinajstić information content (AvgIpc) is 2.76. The van der Waals surface area contributed by atoms with Gasteiger partial charge in [0.2, 0.25) is 5.91 Å². The monoisotopic (exact) mass is 542 g/mol. The van der Waals surface area contributed by atoms with E-state index in [9.17, 15) is 4.79 Å². The van der Waals surface area contributed by atoms with Crippen molar-refractivity contribution in [2.45, 2.75) is 27.2 Å². The number of aliphatic imine (C=N–C) groups is 1. The highest BCUT2D eigenvalue weighted by atomic mass is 127. The van der Waals surface area contributed by atoms with Crippen molar-refractivity contribution in [1.29, 1.82) is 0 Å². The average molecular weight is 543 g/mol. The second-order valence-corrected chi connectivity index (χ2v) is 8.25. The lowest BCUT2D eigenvalue weighted by molar-refractivity contribution is -0.130. The maximum Gasteiger partial charge on any atom is 0.219 e. The molecule has 2 aliphatic heterocycles. The van der Waals surface area contributed by atoms with Gasteiger partial charge in [-0.15, -0.1) is 24.0 Å². The summed E-state index contributed by atoms with van der Waals surface area (Å²) in [6.45, 7) is 16.4. The quantitative estimate of drug-likeness (QED) is 0.259. The van der Waals surface area contributed by atoms with Crippen LogP contribution in [0.1, 0.15) is 25.8 Å². The maximum atomic E-state index is 11.5. The van der Waals surface area contributed by atoms with Crippen LogP contribution in [0.4, 0.5) is 5.69 Å².